The molecule has 0 radical (unpaired) electrons. The second-order valence-electron chi connectivity index (χ2n) is 5.97. The summed E-state index contributed by atoms with van der Waals surface area (Å²) in [5.41, 5.74) is 3.15. The molecule has 0 aliphatic carbocycles. The van der Waals surface area contributed by atoms with E-state index in [0.29, 0.717) is 12.5 Å². The van der Waals surface area contributed by atoms with Gasteiger partial charge in [0.1, 0.15) is 6.54 Å². The zero-order valence-electron chi connectivity index (χ0n) is 13.2. The summed E-state index contributed by atoms with van der Waals surface area (Å²) in [4.78, 5) is 12.3. The van der Waals surface area contributed by atoms with Crippen molar-refractivity contribution in [1.82, 2.24) is 4.57 Å². The highest BCUT2D eigenvalue weighted by Crippen LogP contribution is 2.21. The number of amides is 1. The second kappa shape index (κ2) is 6.59. The van der Waals surface area contributed by atoms with Crippen molar-refractivity contribution in [3.8, 4) is 0 Å². The van der Waals surface area contributed by atoms with Crippen LogP contribution in [-0.2, 0) is 11.3 Å². The van der Waals surface area contributed by atoms with Gasteiger partial charge in [0.25, 0.3) is 0 Å². The van der Waals surface area contributed by atoms with Gasteiger partial charge in [-0.15, -0.1) is 0 Å². The van der Waals surface area contributed by atoms with E-state index in [-0.39, 0.29) is 5.91 Å². The van der Waals surface area contributed by atoms with E-state index >= 15 is 0 Å². The summed E-state index contributed by atoms with van der Waals surface area (Å²) >= 11 is 3.46. The summed E-state index contributed by atoms with van der Waals surface area (Å²) in [5, 5.41) is 4.07. The molecule has 1 amide bonds. The predicted octanol–water partition coefficient (Wildman–Crippen LogP) is 5.17. The molecule has 4 heteroatoms. The van der Waals surface area contributed by atoms with Gasteiger partial charge in [-0.3, -0.25) is 4.79 Å². The maximum Gasteiger partial charge on any atom is 0.244 e. The zero-order valence-corrected chi connectivity index (χ0v) is 14.8. The van der Waals surface area contributed by atoms with Gasteiger partial charge in [-0.2, -0.15) is 0 Å². The van der Waals surface area contributed by atoms with Gasteiger partial charge in [0, 0.05) is 27.3 Å². The Morgan fingerprint density at radius 1 is 1.13 bits per heavy atom. The maximum absolute atomic E-state index is 12.3. The van der Waals surface area contributed by atoms with Gasteiger partial charge in [-0.1, -0.05) is 41.9 Å². The molecule has 0 saturated heterocycles. The number of benzene rings is 2. The topological polar surface area (TPSA) is 34.0 Å². The fraction of sp³-hybridized carbons (Fsp3) is 0.211. The summed E-state index contributed by atoms with van der Waals surface area (Å²) in [6.45, 7) is 4.61. The molecule has 0 aliphatic heterocycles. The molecule has 3 aromatic rings. The summed E-state index contributed by atoms with van der Waals surface area (Å²) in [5.74, 6) is 0.466. The number of fused-ring (bicyclic) bond motifs is 1. The molecule has 0 fully saturated rings. The zero-order chi connectivity index (χ0) is 16.4. The van der Waals surface area contributed by atoms with Crippen LogP contribution in [0, 0.1) is 0 Å². The van der Waals surface area contributed by atoms with Crippen molar-refractivity contribution in [2.75, 3.05) is 5.32 Å². The Hall–Kier alpha value is -2.07. The van der Waals surface area contributed by atoms with Crippen molar-refractivity contribution >= 4 is 38.4 Å². The summed E-state index contributed by atoms with van der Waals surface area (Å²) in [6.07, 6.45) is 1.94. The van der Waals surface area contributed by atoms with Crippen LogP contribution in [0.25, 0.3) is 10.9 Å². The predicted molar refractivity (Wildman–Crippen MR) is 98.8 cm³/mol. The Kier molecular flexibility index (Phi) is 4.53. The van der Waals surface area contributed by atoms with Gasteiger partial charge in [0.05, 0.1) is 0 Å². The van der Waals surface area contributed by atoms with Crippen LogP contribution in [-0.4, -0.2) is 10.5 Å². The first kappa shape index (κ1) is 15.8. The molecule has 3 nitrogen and oxygen atoms in total. The van der Waals surface area contributed by atoms with Gasteiger partial charge in [0.2, 0.25) is 5.91 Å². The minimum absolute atomic E-state index is 0.0253. The van der Waals surface area contributed by atoms with Crippen molar-refractivity contribution in [2.45, 2.75) is 26.3 Å². The van der Waals surface area contributed by atoms with E-state index in [9.17, 15) is 4.79 Å². The van der Waals surface area contributed by atoms with Crippen molar-refractivity contribution in [2.24, 2.45) is 0 Å². The number of hydrogen-bond acceptors (Lipinski definition) is 1. The number of aromatic nitrogens is 1. The fourth-order valence-electron chi connectivity index (χ4n) is 2.62. The van der Waals surface area contributed by atoms with Crippen molar-refractivity contribution < 1.29 is 4.79 Å². The molecule has 1 N–H and O–H groups in total. The van der Waals surface area contributed by atoms with Gasteiger partial charge in [-0.05, 0) is 47.9 Å². The monoisotopic (exact) mass is 370 g/mol. The maximum atomic E-state index is 12.3. The van der Waals surface area contributed by atoms with Crippen molar-refractivity contribution in [3.05, 3.63) is 64.8 Å². The third-order valence-corrected chi connectivity index (χ3v) is 4.40. The van der Waals surface area contributed by atoms with Crippen LogP contribution >= 0.6 is 15.9 Å². The molecule has 0 unspecified atom stereocenters. The summed E-state index contributed by atoms with van der Waals surface area (Å²) in [7, 11) is 0. The molecule has 1 heterocycles. The van der Waals surface area contributed by atoms with E-state index in [1.807, 2.05) is 47.2 Å². The second-order valence-corrected chi connectivity index (χ2v) is 6.89. The number of anilines is 1. The lowest BCUT2D eigenvalue weighted by Gasteiger charge is -2.09. The number of carbonyl (C=O) groups excluding carboxylic acids is 1. The van der Waals surface area contributed by atoms with Crippen LogP contribution < -0.4 is 5.32 Å². The highest BCUT2D eigenvalue weighted by molar-refractivity contribution is 9.10. The third-order valence-electron chi connectivity index (χ3n) is 3.91. The van der Waals surface area contributed by atoms with E-state index in [1.54, 1.807) is 0 Å². The lowest BCUT2D eigenvalue weighted by Crippen LogP contribution is -2.18. The molecule has 0 atom stereocenters. The molecular formula is C19H19BrN2O. The Bertz CT molecular complexity index is 834. The van der Waals surface area contributed by atoms with Crippen molar-refractivity contribution in [1.29, 1.82) is 0 Å². The van der Waals surface area contributed by atoms with Crippen LogP contribution in [0.4, 0.5) is 5.69 Å². The molecule has 23 heavy (non-hydrogen) atoms. The highest BCUT2D eigenvalue weighted by Gasteiger charge is 2.07. The molecule has 118 valence electrons. The fourth-order valence-corrected chi connectivity index (χ4v) is 2.99. The molecule has 0 aliphatic rings. The highest BCUT2D eigenvalue weighted by atomic mass is 79.9. The minimum Gasteiger partial charge on any atom is -0.338 e. The van der Waals surface area contributed by atoms with Crippen LogP contribution in [0.15, 0.2) is 59.2 Å². The van der Waals surface area contributed by atoms with Gasteiger partial charge in [0.15, 0.2) is 0 Å². The quantitative estimate of drug-likeness (QED) is 0.675. The number of carbonyl (C=O) groups is 1. The van der Waals surface area contributed by atoms with E-state index in [0.717, 1.165) is 21.1 Å². The Morgan fingerprint density at radius 3 is 2.57 bits per heavy atom. The smallest absolute Gasteiger partial charge is 0.244 e. The first-order valence-corrected chi connectivity index (χ1v) is 8.46. The molecular weight excluding hydrogens is 352 g/mol. The van der Waals surface area contributed by atoms with Crippen LogP contribution in [0.2, 0.25) is 0 Å². The van der Waals surface area contributed by atoms with Crippen LogP contribution in [0.1, 0.15) is 25.3 Å². The Labute approximate surface area is 144 Å². The number of rotatable bonds is 4. The van der Waals surface area contributed by atoms with Crippen molar-refractivity contribution in [3.63, 3.8) is 0 Å². The average Bonchev–Trinajstić information content (AvgIpc) is 2.89. The van der Waals surface area contributed by atoms with E-state index in [2.05, 4.69) is 47.2 Å². The third kappa shape index (κ3) is 3.64. The first-order chi connectivity index (χ1) is 11.0. The lowest BCUT2D eigenvalue weighted by molar-refractivity contribution is -0.116. The van der Waals surface area contributed by atoms with Gasteiger partial charge >= 0.3 is 0 Å². The number of nitrogens with one attached hydrogen (secondary N) is 1. The van der Waals surface area contributed by atoms with E-state index < -0.39 is 0 Å². The molecule has 0 spiro atoms. The Morgan fingerprint density at radius 2 is 1.87 bits per heavy atom. The number of nitrogens with zero attached hydrogens (tertiary/aromatic N) is 1. The average molecular weight is 371 g/mol. The minimum atomic E-state index is -0.0253. The molecule has 0 saturated carbocycles. The molecule has 3 rings (SSSR count). The molecule has 2 aromatic carbocycles. The summed E-state index contributed by atoms with van der Waals surface area (Å²) < 4.78 is 3.00. The lowest BCUT2D eigenvalue weighted by atomic mass is 10.0. The number of hydrogen-bond donors (Lipinski definition) is 1. The van der Waals surface area contributed by atoms with E-state index in [1.165, 1.54) is 5.56 Å². The van der Waals surface area contributed by atoms with Crippen LogP contribution in [0.3, 0.4) is 0 Å². The number of halogens is 1. The molecule has 0 bridgehead atoms. The summed E-state index contributed by atoms with van der Waals surface area (Å²) in [6, 6.07) is 16.1. The van der Waals surface area contributed by atoms with E-state index in [4.69, 9.17) is 0 Å². The first-order valence-electron chi connectivity index (χ1n) is 7.67. The Balaban J connectivity index is 1.71. The standard InChI is InChI=1S/C19H19BrN2O/c1-13(2)14-3-6-17(7-4-14)21-19(23)12-22-10-9-15-11-16(20)5-8-18(15)22/h3-11,13H,12H2,1-2H3,(H,21,23). The van der Waals surface area contributed by atoms with Gasteiger partial charge in [-0.25, -0.2) is 0 Å². The van der Waals surface area contributed by atoms with Crippen LogP contribution in [0.5, 0.6) is 0 Å². The molecule has 1 aromatic heterocycles. The largest absolute Gasteiger partial charge is 0.338 e. The normalized spacial score (nSPS) is 11.1. The SMILES string of the molecule is CC(C)c1ccc(NC(=O)Cn2ccc3cc(Br)ccc32)cc1. The van der Waals surface area contributed by atoms with Gasteiger partial charge < -0.3 is 9.88 Å².